The zero-order valence-corrected chi connectivity index (χ0v) is 19.7. The van der Waals surface area contributed by atoms with Crippen LogP contribution in [0.5, 0.6) is 5.75 Å². The lowest BCUT2D eigenvalue weighted by Crippen LogP contribution is -2.20. The van der Waals surface area contributed by atoms with Gasteiger partial charge in [-0.1, -0.05) is 23.8 Å². The Balaban J connectivity index is 1.70. The number of nitrogens with one attached hydrogen (secondary N) is 2. The molecule has 0 spiro atoms. The first-order valence-electron chi connectivity index (χ1n) is 10.5. The molecule has 178 valence electrons. The van der Waals surface area contributed by atoms with Gasteiger partial charge in [-0.3, -0.25) is 14.5 Å². The minimum Gasteiger partial charge on any atom is -0.406 e. The van der Waals surface area contributed by atoms with E-state index >= 15 is 0 Å². The van der Waals surface area contributed by atoms with Gasteiger partial charge in [0.25, 0.3) is 5.91 Å². The summed E-state index contributed by atoms with van der Waals surface area (Å²) in [5, 5.41) is 3.16. The van der Waals surface area contributed by atoms with Crippen LogP contribution in [0.1, 0.15) is 19.4 Å². The Hall–Kier alpha value is -3.46. The van der Waals surface area contributed by atoms with Gasteiger partial charge in [-0.2, -0.15) is 0 Å². The molecule has 2 aromatic carbocycles. The van der Waals surface area contributed by atoms with Gasteiger partial charge in [0.1, 0.15) is 5.75 Å². The van der Waals surface area contributed by atoms with Crippen LogP contribution in [0.3, 0.4) is 0 Å². The van der Waals surface area contributed by atoms with E-state index in [-0.39, 0.29) is 11.7 Å². The molecule has 2 N–H and O–H groups in total. The number of alkyl halides is 3. The van der Waals surface area contributed by atoms with E-state index in [1.807, 2.05) is 45.0 Å². The Morgan fingerprint density at radius 1 is 1.06 bits per heavy atom. The number of aliphatic imine (C=N–C) groups is 1. The molecule has 0 saturated heterocycles. The van der Waals surface area contributed by atoms with Gasteiger partial charge in [0.05, 0.1) is 5.71 Å². The van der Waals surface area contributed by atoms with Crippen molar-refractivity contribution in [1.29, 1.82) is 0 Å². The summed E-state index contributed by atoms with van der Waals surface area (Å²) in [6, 6.07) is 13.3. The number of hydrogen-bond acceptors (Lipinski definition) is 5. The Morgan fingerprint density at radius 3 is 2.35 bits per heavy atom. The van der Waals surface area contributed by atoms with Crippen molar-refractivity contribution in [1.82, 2.24) is 4.72 Å². The van der Waals surface area contributed by atoms with Crippen molar-refractivity contribution in [3.05, 3.63) is 89.2 Å². The normalized spacial score (nSPS) is 16.2. The average Bonchev–Trinajstić information content (AvgIpc) is 2.79. The standard InChI is InChI=1S/C25H24F3N3O2S/c1-4-29-23-15-18(24(32)31-34-21-12-5-16(2)6-13-21)7-14-22(23)17(3)30-19-8-10-20(11-9-19)33-25(26,27)28/h5-15,30H,4H2,1-3H3,(H,31,32)/b22-17+,29-23-. The summed E-state index contributed by atoms with van der Waals surface area (Å²) in [6.45, 7) is 6.24. The summed E-state index contributed by atoms with van der Waals surface area (Å²) in [6.07, 6.45) is 0.486. The molecule has 0 saturated carbocycles. The number of anilines is 1. The quantitative estimate of drug-likeness (QED) is 0.446. The molecule has 0 aromatic heterocycles. The van der Waals surface area contributed by atoms with E-state index in [9.17, 15) is 18.0 Å². The van der Waals surface area contributed by atoms with Gasteiger partial charge in [0, 0.05) is 34.0 Å². The number of hydrogen-bond donors (Lipinski definition) is 2. The third-order valence-corrected chi connectivity index (χ3v) is 5.49. The van der Waals surface area contributed by atoms with Crippen molar-refractivity contribution >= 4 is 29.3 Å². The first-order valence-corrected chi connectivity index (χ1v) is 11.3. The predicted octanol–water partition coefficient (Wildman–Crippen LogP) is 6.36. The van der Waals surface area contributed by atoms with E-state index in [0.29, 0.717) is 23.5 Å². The zero-order chi connectivity index (χ0) is 24.7. The molecule has 1 aliphatic rings. The average molecular weight is 488 g/mol. The van der Waals surface area contributed by atoms with Gasteiger partial charge in [0.15, 0.2) is 0 Å². The molecule has 0 unspecified atom stereocenters. The fourth-order valence-corrected chi connectivity index (χ4v) is 3.69. The van der Waals surface area contributed by atoms with E-state index in [0.717, 1.165) is 21.7 Å². The van der Waals surface area contributed by atoms with Crippen molar-refractivity contribution in [2.24, 2.45) is 4.99 Å². The second-order valence-electron chi connectivity index (χ2n) is 7.37. The highest BCUT2D eigenvalue weighted by Crippen LogP contribution is 2.26. The molecule has 0 bridgehead atoms. The Bertz CT molecular complexity index is 1150. The lowest BCUT2D eigenvalue weighted by molar-refractivity contribution is -0.274. The van der Waals surface area contributed by atoms with E-state index in [2.05, 4.69) is 19.8 Å². The first kappa shape index (κ1) is 25.2. The number of aryl methyl sites for hydroxylation is 1. The largest absolute Gasteiger partial charge is 0.573 e. The van der Waals surface area contributed by atoms with Crippen molar-refractivity contribution in [2.45, 2.75) is 32.0 Å². The highest BCUT2D eigenvalue weighted by Gasteiger charge is 2.31. The molecule has 0 fully saturated rings. The third kappa shape index (κ3) is 7.28. The van der Waals surface area contributed by atoms with Gasteiger partial charge in [-0.25, -0.2) is 0 Å². The van der Waals surface area contributed by atoms with Gasteiger partial charge in [-0.15, -0.1) is 13.2 Å². The zero-order valence-electron chi connectivity index (χ0n) is 18.9. The monoisotopic (exact) mass is 487 g/mol. The number of ether oxygens (including phenoxy) is 1. The predicted molar refractivity (Wildman–Crippen MR) is 130 cm³/mol. The Labute approximate surface area is 200 Å². The van der Waals surface area contributed by atoms with Gasteiger partial charge in [0.2, 0.25) is 0 Å². The summed E-state index contributed by atoms with van der Waals surface area (Å²) in [7, 11) is 0. The summed E-state index contributed by atoms with van der Waals surface area (Å²) in [4.78, 5) is 18.1. The van der Waals surface area contributed by atoms with Crippen molar-refractivity contribution in [2.75, 3.05) is 11.9 Å². The second kappa shape index (κ2) is 11.1. The van der Waals surface area contributed by atoms with Crippen LogP contribution in [-0.4, -0.2) is 24.5 Å². The van der Waals surface area contributed by atoms with Crippen LogP contribution < -0.4 is 14.8 Å². The van der Waals surface area contributed by atoms with E-state index in [1.54, 1.807) is 18.2 Å². The molecule has 0 atom stereocenters. The van der Waals surface area contributed by atoms with E-state index < -0.39 is 6.36 Å². The number of halogens is 3. The van der Waals surface area contributed by atoms with E-state index in [4.69, 9.17) is 0 Å². The van der Waals surface area contributed by atoms with Crippen molar-refractivity contribution in [3.8, 4) is 5.75 Å². The van der Waals surface area contributed by atoms with Crippen molar-refractivity contribution in [3.63, 3.8) is 0 Å². The molecule has 3 rings (SSSR count). The van der Waals surface area contributed by atoms with Gasteiger partial charge in [-0.05, 0) is 81.3 Å². The van der Waals surface area contributed by atoms with Crippen LogP contribution in [0.4, 0.5) is 18.9 Å². The molecule has 0 heterocycles. The summed E-state index contributed by atoms with van der Waals surface area (Å²) in [5.74, 6) is -0.535. The summed E-state index contributed by atoms with van der Waals surface area (Å²) < 4.78 is 43.8. The maximum atomic E-state index is 12.7. The van der Waals surface area contributed by atoms with Crippen LogP contribution in [0.25, 0.3) is 0 Å². The molecule has 9 heteroatoms. The Morgan fingerprint density at radius 2 is 1.74 bits per heavy atom. The van der Waals surface area contributed by atoms with Gasteiger partial charge >= 0.3 is 6.36 Å². The molecule has 5 nitrogen and oxygen atoms in total. The molecule has 0 aliphatic heterocycles. The molecule has 1 amide bonds. The van der Waals surface area contributed by atoms with Crippen LogP contribution in [-0.2, 0) is 4.79 Å². The third-order valence-electron chi connectivity index (χ3n) is 4.69. The number of carbonyl (C=O) groups excluding carboxylic acids is 1. The van der Waals surface area contributed by atoms with Crippen LogP contribution in [0.15, 0.2) is 93.5 Å². The molecule has 0 radical (unpaired) electrons. The highest BCUT2D eigenvalue weighted by molar-refractivity contribution is 7.98. The van der Waals surface area contributed by atoms with E-state index in [1.165, 1.54) is 36.2 Å². The van der Waals surface area contributed by atoms with Crippen LogP contribution >= 0.6 is 11.9 Å². The number of benzene rings is 2. The maximum Gasteiger partial charge on any atom is 0.573 e. The fraction of sp³-hybridized carbons (Fsp3) is 0.200. The topological polar surface area (TPSA) is 62.7 Å². The fourth-order valence-electron chi connectivity index (χ4n) is 3.09. The number of carbonyl (C=O) groups is 1. The lowest BCUT2D eigenvalue weighted by Gasteiger charge is -2.17. The van der Waals surface area contributed by atoms with Gasteiger partial charge < -0.3 is 10.1 Å². The maximum absolute atomic E-state index is 12.7. The first-order chi connectivity index (χ1) is 16.1. The lowest BCUT2D eigenvalue weighted by atomic mass is 9.98. The summed E-state index contributed by atoms with van der Waals surface area (Å²) >= 11 is 1.24. The SMILES string of the molecule is CC/N=C1/C=C(C(=O)NSc2ccc(C)cc2)C=C/C1=C(/C)Nc1ccc(OC(F)(F)F)cc1. The molecular formula is C25H24F3N3O2S. The Kier molecular flexibility index (Phi) is 8.22. The molecule has 34 heavy (non-hydrogen) atoms. The number of allylic oxidation sites excluding steroid dienone is 4. The number of nitrogens with zero attached hydrogens (tertiary/aromatic N) is 1. The molecule has 1 aliphatic carbocycles. The van der Waals surface area contributed by atoms with Crippen LogP contribution in [0, 0.1) is 6.92 Å². The molecule has 2 aromatic rings. The number of amides is 1. The highest BCUT2D eigenvalue weighted by atomic mass is 32.2. The van der Waals surface area contributed by atoms with Crippen molar-refractivity contribution < 1.29 is 22.7 Å². The second-order valence-corrected chi connectivity index (χ2v) is 8.25. The molecular weight excluding hydrogens is 463 g/mol. The van der Waals surface area contributed by atoms with Crippen LogP contribution in [0.2, 0.25) is 0 Å². The summed E-state index contributed by atoms with van der Waals surface area (Å²) in [5.41, 5.74) is 4.35. The smallest absolute Gasteiger partial charge is 0.406 e. The minimum absolute atomic E-state index is 0.240. The number of rotatable bonds is 7. The minimum atomic E-state index is -4.74.